The lowest BCUT2D eigenvalue weighted by Crippen LogP contribution is -2.42. The molecular weight excluding hydrogens is 368 g/mol. The average Bonchev–Trinajstić information content (AvgIpc) is 2.65. The fraction of sp³-hybridized carbons (Fsp3) is 0.542. The van der Waals surface area contributed by atoms with E-state index in [2.05, 4.69) is 6.58 Å². The number of carbonyl (C=O) groups is 3. The topological polar surface area (TPSA) is 69.7 Å². The molecule has 1 aliphatic carbocycles. The number of hydrogen-bond donors (Lipinski definition) is 0. The van der Waals surface area contributed by atoms with Crippen LogP contribution in [0.4, 0.5) is 0 Å². The molecule has 0 amide bonds. The Bertz CT molecular complexity index is 771. The smallest absolute Gasteiger partial charge is 0.312 e. The van der Waals surface area contributed by atoms with Crippen LogP contribution in [0.2, 0.25) is 0 Å². The van der Waals surface area contributed by atoms with Gasteiger partial charge in [-0.3, -0.25) is 14.4 Å². The van der Waals surface area contributed by atoms with Crippen molar-refractivity contribution >= 4 is 18.2 Å². The minimum Gasteiger partial charge on any atom is -0.469 e. The zero-order valence-electron chi connectivity index (χ0n) is 18.1. The maximum absolute atomic E-state index is 12.8. The van der Waals surface area contributed by atoms with Crippen LogP contribution < -0.4 is 0 Å². The van der Waals surface area contributed by atoms with Crippen LogP contribution in [0.25, 0.3) is 0 Å². The van der Waals surface area contributed by atoms with Crippen molar-refractivity contribution in [1.82, 2.24) is 0 Å². The van der Waals surface area contributed by atoms with Gasteiger partial charge in [-0.15, -0.1) is 0 Å². The van der Waals surface area contributed by atoms with Crippen LogP contribution in [0, 0.1) is 11.3 Å². The van der Waals surface area contributed by atoms with Crippen molar-refractivity contribution in [2.24, 2.45) is 11.3 Å². The van der Waals surface area contributed by atoms with Crippen molar-refractivity contribution in [2.75, 3.05) is 7.11 Å². The van der Waals surface area contributed by atoms with Crippen LogP contribution in [-0.2, 0) is 19.1 Å². The lowest BCUT2D eigenvalue weighted by molar-refractivity contribution is -0.169. The van der Waals surface area contributed by atoms with Crippen LogP contribution in [0.5, 0.6) is 0 Å². The van der Waals surface area contributed by atoms with Crippen LogP contribution in [0.15, 0.2) is 36.4 Å². The molecule has 0 spiro atoms. The van der Waals surface area contributed by atoms with E-state index < -0.39 is 17.0 Å². The molecule has 0 saturated heterocycles. The number of methoxy groups -OCH3 is 1. The van der Waals surface area contributed by atoms with Gasteiger partial charge in [-0.25, -0.2) is 0 Å². The number of allylic oxidation sites excluding steroid dienone is 1. The van der Waals surface area contributed by atoms with E-state index in [0.717, 1.165) is 23.8 Å². The summed E-state index contributed by atoms with van der Waals surface area (Å²) in [5, 5.41) is 0. The zero-order chi connectivity index (χ0) is 21.8. The molecule has 2 rings (SSSR count). The molecule has 0 N–H and O–H groups in total. The largest absolute Gasteiger partial charge is 0.469 e. The predicted octanol–water partition coefficient (Wildman–Crippen LogP) is 4.85. The van der Waals surface area contributed by atoms with Gasteiger partial charge in [0.1, 0.15) is 11.9 Å². The first-order valence-corrected chi connectivity index (χ1v) is 10.0. The number of aldehydes is 1. The van der Waals surface area contributed by atoms with Crippen molar-refractivity contribution < 1.29 is 23.9 Å². The molecule has 3 atom stereocenters. The molecule has 0 radical (unpaired) electrons. The molecule has 5 heteroatoms. The Hall–Kier alpha value is -2.43. The quantitative estimate of drug-likeness (QED) is 0.388. The second-order valence-electron chi connectivity index (χ2n) is 9.12. The standard InChI is InChI=1S/C24H32O5/c1-16(2)19-11-12-24(22(27)28-6,14-21(26)29-23(3,4)5)13-20(19)18-9-7-17(15-25)8-10-18/h7-10,15,19-20H,1,11-14H2,2-6H3/t19-,20-,24-/m0/s1. The summed E-state index contributed by atoms with van der Waals surface area (Å²) in [4.78, 5) is 36.5. The van der Waals surface area contributed by atoms with Crippen molar-refractivity contribution in [1.29, 1.82) is 0 Å². The minimum absolute atomic E-state index is 0.00323. The molecule has 1 saturated carbocycles. The fourth-order valence-electron chi connectivity index (χ4n) is 4.35. The van der Waals surface area contributed by atoms with E-state index in [1.54, 1.807) is 12.1 Å². The van der Waals surface area contributed by atoms with Gasteiger partial charge in [0, 0.05) is 5.56 Å². The van der Waals surface area contributed by atoms with E-state index in [4.69, 9.17) is 9.47 Å². The molecule has 0 unspecified atom stereocenters. The Morgan fingerprint density at radius 1 is 1.24 bits per heavy atom. The summed E-state index contributed by atoms with van der Waals surface area (Å²) in [6.07, 6.45) is 2.54. The van der Waals surface area contributed by atoms with Crippen LogP contribution >= 0.6 is 0 Å². The summed E-state index contributed by atoms with van der Waals surface area (Å²) in [7, 11) is 1.36. The lowest BCUT2D eigenvalue weighted by Gasteiger charge is -2.43. The molecule has 1 aromatic carbocycles. The first-order chi connectivity index (χ1) is 13.5. The highest BCUT2D eigenvalue weighted by atomic mass is 16.6. The van der Waals surface area contributed by atoms with Crippen LogP contribution in [0.3, 0.4) is 0 Å². The van der Waals surface area contributed by atoms with Crippen molar-refractivity contribution in [3.63, 3.8) is 0 Å². The summed E-state index contributed by atoms with van der Waals surface area (Å²) in [5.74, 6) is -0.582. The number of benzene rings is 1. The first kappa shape index (κ1) is 22.9. The molecule has 0 bridgehead atoms. The Kier molecular flexibility index (Phi) is 7.04. The van der Waals surface area contributed by atoms with E-state index in [1.165, 1.54) is 7.11 Å². The molecule has 0 aliphatic heterocycles. The maximum atomic E-state index is 12.8. The van der Waals surface area contributed by atoms with E-state index in [9.17, 15) is 14.4 Å². The van der Waals surface area contributed by atoms with Gasteiger partial charge in [-0.2, -0.15) is 0 Å². The van der Waals surface area contributed by atoms with Crippen molar-refractivity contribution in [2.45, 2.75) is 64.9 Å². The number of rotatable bonds is 6. The third-order valence-electron chi connectivity index (χ3n) is 5.69. The fourth-order valence-corrected chi connectivity index (χ4v) is 4.35. The monoisotopic (exact) mass is 400 g/mol. The Balaban J connectivity index is 2.39. The number of hydrogen-bond acceptors (Lipinski definition) is 5. The van der Waals surface area contributed by atoms with Gasteiger partial charge in [0.2, 0.25) is 0 Å². The molecule has 0 aromatic heterocycles. The third-order valence-corrected chi connectivity index (χ3v) is 5.69. The summed E-state index contributed by atoms with van der Waals surface area (Å²) in [6.45, 7) is 11.6. The molecule has 1 fully saturated rings. The SMILES string of the molecule is C=C(C)[C@@H]1CC[C@](CC(=O)OC(C)(C)C)(C(=O)OC)C[C@H]1c1ccc(C=O)cc1. The van der Waals surface area contributed by atoms with Gasteiger partial charge in [0.25, 0.3) is 0 Å². The maximum Gasteiger partial charge on any atom is 0.312 e. The predicted molar refractivity (Wildman–Crippen MR) is 112 cm³/mol. The van der Waals surface area contributed by atoms with E-state index in [-0.39, 0.29) is 24.2 Å². The second-order valence-corrected chi connectivity index (χ2v) is 9.12. The van der Waals surface area contributed by atoms with Crippen LogP contribution in [0.1, 0.15) is 75.2 Å². The van der Waals surface area contributed by atoms with Gasteiger partial charge in [-0.1, -0.05) is 36.4 Å². The Labute approximate surface area is 173 Å². The Morgan fingerprint density at radius 3 is 2.34 bits per heavy atom. The summed E-state index contributed by atoms with van der Waals surface area (Å²) in [6, 6.07) is 7.40. The molecule has 1 aliphatic rings. The number of carbonyl (C=O) groups excluding carboxylic acids is 3. The number of ether oxygens (including phenoxy) is 2. The highest BCUT2D eigenvalue weighted by molar-refractivity contribution is 5.84. The van der Waals surface area contributed by atoms with E-state index in [1.807, 2.05) is 39.8 Å². The van der Waals surface area contributed by atoms with Gasteiger partial charge >= 0.3 is 11.9 Å². The van der Waals surface area contributed by atoms with Gasteiger partial charge in [0.05, 0.1) is 18.9 Å². The first-order valence-electron chi connectivity index (χ1n) is 10.0. The van der Waals surface area contributed by atoms with Crippen molar-refractivity contribution in [3.05, 3.63) is 47.5 Å². The average molecular weight is 401 g/mol. The highest BCUT2D eigenvalue weighted by Crippen LogP contribution is 2.51. The molecule has 0 heterocycles. The lowest BCUT2D eigenvalue weighted by atomic mass is 9.60. The molecule has 1 aromatic rings. The van der Waals surface area contributed by atoms with E-state index >= 15 is 0 Å². The highest BCUT2D eigenvalue weighted by Gasteiger charge is 2.49. The summed E-state index contributed by atoms with van der Waals surface area (Å²) >= 11 is 0. The van der Waals surface area contributed by atoms with Gasteiger partial charge in [-0.05, 0) is 64.4 Å². The molecule has 5 nitrogen and oxygen atoms in total. The van der Waals surface area contributed by atoms with E-state index in [0.29, 0.717) is 18.4 Å². The number of esters is 2. The third kappa shape index (κ3) is 5.55. The molecular formula is C24H32O5. The zero-order valence-corrected chi connectivity index (χ0v) is 18.1. The second kappa shape index (κ2) is 8.93. The van der Waals surface area contributed by atoms with Gasteiger partial charge in [0.15, 0.2) is 0 Å². The summed E-state index contributed by atoms with van der Waals surface area (Å²) < 4.78 is 10.6. The van der Waals surface area contributed by atoms with Gasteiger partial charge < -0.3 is 9.47 Å². The van der Waals surface area contributed by atoms with Crippen molar-refractivity contribution in [3.8, 4) is 0 Å². The Morgan fingerprint density at radius 2 is 1.86 bits per heavy atom. The van der Waals surface area contributed by atoms with Crippen LogP contribution in [-0.4, -0.2) is 30.9 Å². The molecule has 158 valence electrons. The summed E-state index contributed by atoms with van der Waals surface area (Å²) in [5.41, 5.74) is 1.13. The minimum atomic E-state index is -0.934. The molecule has 29 heavy (non-hydrogen) atoms. The normalized spacial score (nSPS) is 24.4.